The van der Waals surface area contributed by atoms with Gasteiger partial charge in [0.2, 0.25) is 0 Å². The van der Waals surface area contributed by atoms with Crippen LogP contribution in [0.15, 0.2) is 35.9 Å². The Kier molecular flexibility index (Phi) is 3.46. The van der Waals surface area contributed by atoms with E-state index in [2.05, 4.69) is 20.8 Å². The normalized spacial score (nSPS) is 12.7. The molecule has 1 aromatic carbocycles. The quantitative estimate of drug-likeness (QED) is 0.668. The van der Waals surface area contributed by atoms with Gasteiger partial charge in [0, 0.05) is 5.57 Å². The van der Waals surface area contributed by atoms with Crippen molar-refractivity contribution < 1.29 is 4.79 Å². The van der Waals surface area contributed by atoms with E-state index >= 15 is 0 Å². The molecule has 0 amide bonds. The van der Waals surface area contributed by atoms with E-state index in [4.69, 9.17) is 0 Å². The van der Waals surface area contributed by atoms with Crippen LogP contribution in [0.3, 0.4) is 0 Å². The summed E-state index contributed by atoms with van der Waals surface area (Å²) in [6, 6.07) is 9.95. The molecular weight excluding hydrogens is 184 g/mol. The maximum absolute atomic E-state index is 11.5. The molecule has 15 heavy (non-hydrogen) atoms. The number of hydrogen-bond acceptors (Lipinski definition) is 1. The average molecular weight is 202 g/mol. The summed E-state index contributed by atoms with van der Waals surface area (Å²) in [5.74, 6) is 0.145. The minimum Gasteiger partial charge on any atom is -0.295 e. The van der Waals surface area contributed by atoms with Crippen molar-refractivity contribution in [2.75, 3.05) is 0 Å². The maximum Gasteiger partial charge on any atom is 0.156 e. The molecule has 0 bridgehead atoms. The number of hydrogen-bond donors (Lipinski definition) is 0. The molecule has 0 spiro atoms. The molecular formula is C14H18O. The third kappa shape index (κ3) is 3.35. The summed E-state index contributed by atoms with van der Waals surface area (Å²) in [6.45, 7) is 7.80. The smallest absolute Gasteiger partial charge is 0.156 e. The second-order valence-corrected chi connectivity index (χ2v) is 4.77. The first-order valence-corrected chi connectivity index (χ1v) is 5.19. The summed E-state index contributed by atoms with van der Waals surface area (Å²) in [5, 5.41) is 0. The van der Waals surface area contributed by atoms with Gasteiger partial charge in [-0.2, -0.15) is 0 Å². The number of carbonyl (C=O) groups is 1. The number of rotatable bonds is 2. The van der Waals surface area contributed by atoms with E-state index in [1.165, 1.54) is 0 Å². The summed E-state index contributed by atoms with van der Waals surface area (Å²) >= 11 is 0. The van der Waals surface area contributed by atoms with Gasteiger partial charge in [-0.15, -0.1) is 0 Å². The van der Waals surface area contributed by atoms with Crippen LogP contribution in [-0.4, -0.2) is 5.78 Å². The van der Waals surface area contributed by atoms with Crippen LogP contribution in [0.5, 0.6) is 0 Å². The third-order valence-corrected chi connectivity index (χ3v) is 2.30. The van der Waals surface area contributed by atoms with E-state index in [-0.39, 0.29) is 11.2 Å². The fourth-order valence-corrected chi connectivity index (χ4v) is 1.56. The van der Waals surface area contributed by atoms with Crippen molar-refractivity contribution in [3.8, 4) is 0 Å². The SMILES string of the molecule is CC(=O)C(=Cc1ccccc1)C(C)(C)C. The minimum atomic E-state index is -0.0956. The highest BCUT2D eigenvalue weighted by molar-refractivity contribution is 5.98. The zero-order valence-corrected chi connectivity index (χ0v) is 9.87. The summed E-state index contributed by atoms with van der Waals surface area (Å²) < 4.78 is 0. The molecule has 0 atom stereocenters. The lowest BCUT2D eigenvalue weighted by Crippen LogP contribution is -2.15. The highest BCUT2D eigenvalue weighted by atomic mass is 16.1. The summed E-state index contributed by atoms with van der Waals surface area (Å²) in [5.41, 5.74) is 1.85. The molecule has 80 valence electrons. The van der Waals surface area contributed by atoms with Crippen molar-refractivity contribution in [2.24, 2.45) is 5.41 Å². The molecule has 0 aliphatic heterocycles. The van der Waals surface area contributed by atoms with Gasteiger partial charge in [-0.25, -0.2) is 0 Å². The lowest BCUT2D eigenvalue weighted by Gasteiger charge is -2.20. The van der Waals surface area contributed by atoms with E-state index in [0.717, 1.165) is 11.1 Å². The Morgan fingerprint density at radius 2 is 1.67 bits per heavy atom. The van der Waals surface area contributed by atoms with Gasteiger partial charge in [0.05, 0.1) is 0 Å². The van der Waals surface area contributed by atoms with E-state index < -0.39 is 0 Å². The zero-order chi connectivity index (χ0) is 11.5. The Morgan fingerprint density at radius 1 is 1.13 bits per heavy atom. The molecule has 0 aliphatic rings. The first-order valence-electron chi connectivity index (χ1n) is 5.19. The van der Waals surface area contributed by atoms with Crippen LogP contribution >= 0.6 is 0 Å². The lowest BCUT2D eigenvalue weighted by molar-refractivity contribution is -0.114. The highest BCUT2D eigenvalue weighted by Gasteiger charge is 2.20. The van der Waals surface area contributed by atoms with Gasteiger partial charge >= 0.3 is 0 Å². The molecule has 0 radical (unpaired) electrons. The topological polar surface area (TPSA) is 17.1 Å². The molecule has 0 saturated heterocycles. The van der Waals surface area contributed by atoms with Gasteiger partial charge in [0.15, 0.2) is 5.78 Å². The fourth-order valence-electron chi connectivity index (χ4n) is 1.56. The van der Waals surface area contributed by atoms with Gasteiger partial charge in [-0.1, -0.05) is 51.1 Å². The van der Waals surface area contributed by atoms with E-state index in [0.29, 0.717) is 0 Å². The monoisotopic (exact) mass is 202 g/mol. The van der Waals surface area contributed by atoms with Crippen LogP contribution in [0.4, 0.5) is 0 Å². The fraction of sp³-hybridized carbons (Fsp3) is 0.357. The lowest BCUT2D eigenvalue weighted by atomic mass is 9.83. The van der Waals surface area contributed by atoms with Crippen molar-refractivity contribution in [1.82, 2.24) is 0 Å². The second kappa shape index (κ2) is 4.43. The Balaban J connectivity index is 3.12. The summed E-state index contributed by atoms with van der Waals surface area (Å²) in [6.07, 6.45) is 1.97. The average Bonchev–Trinajstić information content (AvgIpc) is 2.13. The van der Waals surface area contributed by atoms with Gasteiger partial charge in [-0.05, 0) is 24.0 Å². The third-order valence-electron chi connectivity index (χ3n) is 2.30. The molecule has 1 rings (SSSR count). The van der Waals surface area contributed by atoms with E-state index in [1.807, 2.05) is 36.4 Å². The maximum atomic E-state index is 11.5. The van der Waals surface area contributed by atoms with E-state index in [9.17, 15) is 4.79 Å². The van der Waals surface area contributed by atoms with Crippen LogP contribution in [0.25, 0.3) is 6.08 Å². The molecule has 1 aromatic rings. The van der Waals surface area contributed by atoms with Gasteiger partial charge < -0.3 is 0 Å². The predicted molar refractivity (Wildman–Crippen MR) is 64.6 cm³/mol. The number of Topliss-reactive ketones (excluding diaryl/α,β-unsaturated/α-hetero) is 1. The number of allylic oxidation sites excluding steroid dienone is 1. The zero-order valence-electron chi connectivity index (χ0n) is 9.87. The van der Waals surface area contributed by atoms with Crippen LogP contribution in [0.1, 0.15) is 33.3 Å². The summed E-state index contributed by atoms with van der Waals surface area (Å²) in [7, 11) is 0. The van der Waals surface area contributed by atoms with Gasteiger partial charge in [0.25, 0.3) is 0 Å². The molecule has 0 fully saturated rings. The highest BCUT2D eigenvalue weighted by Crippen LogP contribution is 2.27. The van der Waals surface area contributed by atoms with Crippen LogP contribution < -0.4 is 0 Å². The van der Waals surface area contributed by atoms with Crippen LogP contribution in [0, 0.1) is 5.41 Å². The second-order valence-electron chi connectivity index (χ2n) is 4.77. The van der Waals surface area contributed by atoms with Crippen LogP contribution in [-0.2, 0) is 4.79 Å². The first kappa shape index (κ1) is 11.7. The van der Waals surface area contributed by atoms with Crippen molar-refractivity contribution in [1.29, 1.82) is 0 Å². The number of ketones is 1. The Hall–Kier alpha value is -1.37. The van der Waals surface area contributed by atoms with Crippen LogP contribution in [0.2, 0.25) is 0 Å². The van der Waals surface area contributed by atoms with Crippen molar-refractivity contribution >= 4 is 11.9 Å². The van der Waals surface area contributed by atoms with Crippen molar-refractivity contribution in [3.05, 3.63) is 41.5 Å². The molecule has 0 aromatic heterocycles. The Morgan fingerprint density at radius 3 is 2.07 bits per heavy atom. The Bertz CT molecular complexity index is 366. The minimum absolute atomic E-state index is 0.0956. The molecule has 0 saturated carbocycles. The number of carbonyl (C=O) groups excluding carboxylic acids is 1. The van der Waals surface area contributed by atoms with Crippen molar-refractivity contribution in [3.63, 3.8) is 0 Å². The largest absolute Gasteiger partial charge is 0.295 e. The molecule has 0 N–H and O–H groups in total. The van der Waals surface area contributed by atoms with Gasteiger partial charge in [0.1, 0.15) is 0 Å². The first-order chi connectivity index (χ1) is 6.91. The van der Waals surface area contributed by atoms with E-state index in [1.54, 1.807) is 6.92 Å². The van der Waals surface area contributed by atoms with Crippen molar-refractivity contribution in [2.45, 2.75) is 27.7 Å². The summed E-state index contributed by atoms with van der Waals surface area (Å²) in [4.78, 5) is 11.5. The predicted octanol–water partition coefficient (Wildman–Crippen LogP) is 3.71. The standard InChI is InChI=1S/C14H18O/c1-11(15)13(14(2,3)4)10-12-8-6-5-7-9-12/h5-10H,1-4H3. The molecule has 0 heterocycles. The Labute approximate surface area is 91.8 Å². The molecule has 0 unspecified atom stereocenters. The molecule has 1 heteroatoms. The van der Waals surface area contributed by atoms with Gasteiger partial charge in [-0.3, -0.25) is 4.79 Å². The molecule has 1 nitrogen and oxygen atoms in total. The molecule has 0 aliphatic carbocycles. The number of benzene rings is 1.